The van der Waals surface area contributed by atoms with Gasteiger partial charge in [0.1, 0.15) is 0 Å². The molecule has 0 aliphatic heterocycles. The average molecular weight is 282 g/mol. The largest absolute Gasteiger partial charge is 0.370 e. The summed E-state index contributed by atoms with van der Waals surface area (Å²) >= 11 is 0. The average Bonchev–Trinajstić information content (AvgIpc) is 2.35. The van der Waals surface area contributed by atoms with Gasteiger partial charge in [-0.2, -0.15) is 0 Å². The van der Waals surface area contributed by atoms with Crippen LogP contribution in [0.25, 0.3) is 0 Å². The molecule has 1 fully saturated rings. The van der Waals surface area contributed by atoms with Gasteiger partial charge >= 0.3 is 0 Å². The first-order valence-corrected chi connectivity index (χ1v) is 7.61. The number of nitrogens with zero attached hydrogens (tertiary/aromatic N) is 1. The highest BCUT2D eigenvalue weighted by Gasteiger charge is 2.29. The lowest BCUT2D eigenvalue weighted by molar-refractivity contribution is -0.121. The maximum absolute atomic E-state index is 11.6. The van der Waals surface area contributed by atoms with Gasteiger partial charge in [0.2, 0.25) is 5.91 Å². The van der Waals surface area contributed by atoms with Crippen molar-refractivity contribution >= 4 is 11.9 Å². The Hall–Kier alpha value is -1.26. The first-order chi connectivity index (χ1) is 9.29. The molecule has 5 heteroatoms. The minimum absolute atomic E-state index is 0.0351. The SMILES string of the molecule is CC(C)(C)C1CCC(CNC(=O)CCN=C(N)N)CC1. The monoisotopic (exact) mass is 282 g/mol. The van der Waals surface area contributed by atoms with Gasteiger partial charge < -0.3 is 16.8 Å². The van der Waals surface area contributed by atoms with Gasteiger partial charge in [0, 0.05) is 13.0 Å². The van der Waals surface area contributed by atoms with Gasteiger partial charge in [0.05, 0.1) is 6.54 Å². The van der Waals surface area contributed by atoms with E-state index in [0.717, 1.165) is 12.5 Å². The van der Waals surface area contributed by atoms with Gasteiger partial charge in [-0.25, -0.2) is 0 Å². The van der Waals surface area contributed by atoms with E-state index in [1.54, 1.807) is 0 Å². The highest BCUT2D eigenvalue weighted by molar-refractivity contribution is 5.78. The molecule has 1 aliphatic rings. The van der Waals surface area contributed by atoms with Crippen LogP contribution in [0.1, 0.15) is 52.9 Å². The van der Waals surface area contributed by atoms with Crippen molar-refractivity contribution in [1.82, 2.24) is 5.32 Å². The maximum Gasteiger partial charge on any atom is 0.221 e. The third-order valence-corrected chi connectivity index (χ3v) is 4.29. The van der Waals surface area contributed by atoms with E-state index in [1.165, 1.54) is 25.7 Å². The molecule has 0 saturated heterocycles. The summed E-state index contributed by atoms with van der Waals surface area (Å²) in [5.41, 5.74) is 10.8. The van der Waals surface area contributed by atoms with Crippen molar-refractivity contribution in [2.75, 3.05) is 13.1 Å². The number of hydrogen-bond acceptors (Lipinski definition) is 2. The summed E-state index contributed by atoms with van der Waals surface area (Å²) in [6.07, 6.45) is 5.34. The van der Waals surface area contributed by atoms with E-state index in [0.29, 0.717) is 24.3 Å². The van der Waals surface area contributed by atoms with Gasteiger partial charge in [-0.15, -0.1) is 0 Å². The summed E-state index contributed by atoms with van der Waals surface area (Å²) in [7, 11) is 0. The number of rotatable bonds is 5. The Labute approximate surface area is 122 Å². The van der Waals surface area contributed by atoms with Crippen LogP contribution in [0.15, 0.2) is 4.99 Å². The molecule has 1 saturated carbocycles. The van der Waals surface area contributed by atoms with Crippen LogP contribution in [0.3, 0.4) is 0 Å². The number of aliphatic imine (C=N–C) groups is 1. The summed E-state index contributed by atoms with van der Waals surface area (Å²) in [6.45, 7) is 8.12. The van der Waals surface area contributed by atoms with Crippen molar-refractivity contribution < 1.29 is 4.79 Å². The Morgan fingerprint density at radius 1 is 1.20 bits per heavy atom. The number of nitrogens with one attached hydrogen (secondary N) is 1. The number of amides is 1. The fourth-order valence-corrected chi connectivity index (χ4v) is 2.87. The van der Waals surface area contributed by atoms with E-state index < -0.39 is 0 Å². The molecule has 1 amide bonds. The number of nitrogens with two attached hydrogens (primary N) is 2. The van der Waals surface area contributed by atoms with Crippen molar-refractivity contribution in [2.45, 2.75) is 52.9 Å². The summed E-state index contributed by atoms with van der Waals surface area (Å²) in [5.74, 6) is 1.52. The van der Waals surface area contributed by atoms with Gasteiger partial charge in [-0.3, -0.25) is 9.79 Å². The standard InChI is InChI=1S/C15H30N4O/c1-15(2,3)12-6-4-11(5-7-12)10-19-13(20)8-9-18-14(16)17/h11-12H,4-10H2,1-3H3,(H,19,20)(H4,16,17,18). The lowest BCUT2D eigenvalue weighted by Crippen LogP contribution is -2.33. The molecule has 1 aliphatic carbocycles. The Bertz CT molecular complexity index is 334. The Balaban J connectivity index is 2.18. The summed E-state index contributed by atoms with van der Waals surface area (Å²) in [4.78, 5) is 15.4. The highest BCUT2D eigenvalue weighted by atomic mass is 16.1. The molecule has 0 unspecified atom stereocenters. The second-order valence-electron chi connectivity index (χ2n) is 6.94. The van der Waals surface area contributed by atoms with Crippen LogP contribution in [0.5, 0.6) is 0 Å². The molecule has 0 heterocycles. The molecule has 0 bridgehead atoms. The lowest BCUT2D eigenvalue weighted by atomic mass is 9.70. The second kappa shape index (κ2) is 7.50. The Morgan fingerprint density at radius 3 is 2.30 bits per heavy atom. The zero-order valence-electron chi connectivity index (χ0n) is 13.1. The molecular weight excluding hydrogens is 252 g/mol. The van der Waals surface area contributed by atoms with Crippen LogP contribution in [0.2, 0.25) is 0 Å². The van der Waals surface area contributed by atoms with Gasteiger partial charge in [-0.1, -0.05) is 20.8 Å². The van der Waals surface area contributed by atoms with Crippen LogP contribution in [0, 0.1) is 17.3 Å². The topological polar surface area (TPSA) is 93.5 Å². The van der Waals surface area contributed by atoms with Crippen molar-refractivity contribution in [3.05, 3.63) is 0 Å². The molecule has 1 rings (SSSR count). The van der Waals surface area contributed by atoms with E-state index in [2.05, 4.69) is 31.1 Å². The summed E-state index contributed by atoms with van der Waals surface area (Å²) in [5, 5.41) is 2.99. The number of carbonyl (C=O) groups is 1. The molecule has 0 aromatic heterocycles. The number of hydrogen-bond donors (Lipinski definition) is 3. The van der Waals surface area contributed by atoms with Gasteiger partial charge in [0.15, 0.2) is 5.96 Å². The molecule has 0 spiro atoms. The van der Waals surface area contributed by atoms with E-state index in [1.807, 2.05) is 0 Å². The first-order valence-electron chi connectivity index (χ1n) is 7.61. The van der Waals surface area contributed by atoms with E-state index in [-0.39, 0.29) is 11.9 Å². The minimum Gasteiger partial charge on any atom is -0.370 e. The van der Waals surface area contributed by atoms with E-state index >= 15 is 0 Å². The number of guanidine groups is 1. The maximum atomic E-state index is 11.6. The summed E-state index contributed by atoms with van der Waals surface area (Å²) in [6, 6.07) is 0. The fraction of sp³-hybridized carbons (Fsp3) is 0.867. The zero-order chi connectivity index (χ0) is 15.2. The predicted octanol–water partition coefficient (Wildman–Crippen LogP) is 1.62. The quantitative estimate of drug-likeness (QED) is 0.528. The van der Waals surface area contributed by atoms with Crippen LogP contribution < -0.4 is 16.8 Å². The first kappa shape index (κ1) is 16.8. The molecule has 0 atom stereocenters. The normalized spacial score (nSPS) is 23.1. The zero-order valence-corrected chi connectivity index (χ0v) is 13.1. The van der Waals surface area contributed by atoms with Gasteiger partial charge in [0.25, 0.3) is 0 Å². The van der Waals surface area contributed by atoms with Crippen LogP contribution in [-0.2, 0) is 4.79 Å². The van der Waals surface area contributed by atoms with E-state index in [9.17, 15) is 4.79 Å². The molecular formula is C15H30N4O. The third-order valence-electron chi connectivity index (χ3n) is 4.29. The second-order valence-corrected chi connectivity index (χ2v) is 6.94. The van der Waals surface area contributed by atoms with Crippen LogP contribution in [0.4, 0.5) is 0 Å². The molecule has 5 N–H and O–H groups in total. The van der Waals surface area contributed by atoms with Crippen molar-refractivity contribution in [3.63, 3.8) is 0 Å². The molecule has 0 aromatic rings. The number of carbonyl (C=O) groups excluding carboxylic acids is 1. The van der Waals surface area contributed by atoms with Crippen molar-refractivity contribution in [2.24, 2.45) is 33.7 Å². The molecule has 5 nitrogen and oxygen atoms in total. The van der Waals surface area contributed by atoms with E-state index in [4.69, 9.17) is 11.5 Å². The lowest BCUT2D eigenvalue weighted by Gasteiger charge is -2.37. The van der Waals surface area contributed by atoms with Crippen LogP contribution in [-0.4, -0.2) is 25.0 Å². The Morgan fingerprint density at radius 2 is 1.80 bits per heavy atom. The molecule has 0 radical (unpaired) electrons. The fourth-order valence-electron chi connectivity index (χ4n) is 2.87. The highest BCUT2D eigenvalue weighted by Crippen LogP contribution is 2.39. The van der Waals surface area contributed by atoms with Crippen LogP contribution >= 0.6 is 0 Å². The Kier molecular flexibility index (Phi) is 6.30. The molecule has 0 aromatic carbocycles. The molecule has 116 valence electrons. The molecule has 20 heavy (non-hydrogen) atoms. The van der Waals surface area contributed by atoms with Crippen molar-refractivity contribution in [1.29, 1.82) is 0 Å². The minimum atomic E-state index is 0.0351. The van der Waals surface area contributed by atoms with Gasteiger partial charge in [-0.05, 0) is 42.9 Å². The predicted molar refractivity (Wildman–Crippen MR) is 83.2 cm³/mol. The van der Waals surface area contributed by atoms with Crippen molar-refractivity contribution in [3.8, 4) is 0 Å². The third kappa shape index (κ3) is 6.26. The summed E-state index contributed by atoms with van der Waals surface area (Å²) < 4.78 is 0. The smallest absolute Gasteiger partial charge is 0.221 e.